The summed E-state index contributed by atoms with van der Waals surface area (Å²) in [5.41, 5.74) is 22.9. The topological polar surface area (TPSA) is 492 Å². The number of aliphatic carboxylic acids is 2. The summed E-state index contributed by atoms with van der Waals surface area (Å²) in [5, 5.41) is 42.4. The van der Waals surface area contributed by atoms with Crippen molar-refractivity contribution in [3.05, 3.63) is 0 Å². The molecule has 0 radical (unpaired) electrons. The number of alkyl carbamates (subject to hydrolysis) is 2. The Bertz CT molecular complexity index is 2470. The molecule has 0 aromatic heterocycles. The van der Waals surface area contributed by atoms with E-state index in [1.54, 1.807) is 0 Å². The molecule has 540 valence electrons. The molecule has 2 rings (SSSR count). The zero-order valence-corrected chi connectivity index (χ0v) is 56.4. The average molecular weight is 1350 g/mol. The predicted octanol–water partition coefficient (Wildman–Crippen LogP) is 0.607. The van der Waals surface area contributed by atoms with Crippen LogP contribution in [0.5, 0.6) is 0 Å². The smallest absolute Gasteiger partial charge is 0.407 e. The Hall–Kier alpha value is -7.76. The Morgan fingerprint density at radius 1 is 0.505 bits per heavy atom. The summed E-state index contributed by atoms with van der Waals surface area (Å²) < 4.78 is 33.1. The Morgan fingerprint density at radius 2 is 0.895 bits per heavy atom. The third-order valence-corrected chi connectivity index (χ3v) is 16.8. The first-order valence-electron chi connectivity index (χ1n) is 33.3. The van der Waals surface area contributed by atoms with E-state index in [0.29, 0.717) is 110 Å². The zero-order valence-electron chi connectivity index (χ0n) is 56.4. The van der Waals surface area contributed by atoms with Crippen LogP contribution in [0.25, 0.3) is 0 Å². The summed E-state index contributed by atoms with van der Waals surface area (Å²) >= 11 is 0. The molecule has 95 heavy (non-hydrogen) atoms. The van der Waals surface area contributed by atoms with Crippen LogP contribution in [0.4, 0.5) is 9.59 Å². The summed E-state index contributed by atoms with van der Waals surface area (Å²) in [6.07, 6.45) is 8.24. The first-order valence-corrected chi connectivity index (χ1v) is 33.3. The van der Waals surface area contributed by atoms with Crippen LogP contribution in [0, 0.1) is 47.9 Å². The van der Waals surface area contributed by atoms with Gasteiger partial charge in [0.25, 0.3) is 0 Å². The van der Waals surface area contributed by atoms with E-state index in [-0.39, 0.29) is 120 Å². The molecule has 0 saturated heterocycles. The van der Waals surface area contributed by atoms with Gasteiger partial charge in [-0.3, -0.25) is 38.4 Å². The van der Waals surface area contributed by atoms with Crippen LogP contribution in [0.3, 0.4) is 0 Å². The number of carbonyl (C=O) groups is 10. The van der Waals surface area contributed by atoms with Gasteiger partial charge in [0.2, 0.25) is 35.4 Å². The molecule has 8 amide bonds. The van der Waals surface area contributed by atoms with E-state index in [1.807, 2.05) is 27.7 Å². The van der Waals surface area contributed by atoms with Gasteiger partial charge in [0.05, 0.1) is 76.7 Å². The van der Waals surface area contributed by atoms with Gasteiger partial charge < -0.3 is 104 Å². The molecule has 18 N–H and O–H groups in total. The minimum Gasteiger partial charge on any atom is -0.481 e. The second-order valence-corrected chi connectivity index (χ2v) is 23.7. The van der Waals surface area contributed by atoms with Gasteiger partial charge in [0.1, 0.15) is 24.9 Å². The van der Waals surface area contributed by atoms with Crippen LogP contribution in [0.1, 0.15) is 151 Å². The monoisotopic (exact) mass is 1350 g/mol. The van der Waals surface area contributed by atoms with Crippen molar-refractivity contribution in [2.45, 2.75) is 193 Å². The molecular weight excluding hydrogens is 1240 g/mol. The minimum absolute atomic E-state index is 0.00582. The van der Waals surface area contributed by atoms with Gasteiger partial charge in [-0.1, -0.05) is 85.0 Å². The molecule has 0 bridgehead atoms. The second-order valence-electron chi connectivity index (χ2n) is 23.7. The average Bonchev–Trinajstić information content (AvgIpc) is 1.65. The van der Waals surface area contributed by atoms with E-state index in [9.17, 15) is 58.2 Å². The number of guanidine groups is 2. The molecule has 0 aromatic rings. The fourth-order valence-electron chi connectivity index (χ4n) is 12.1. The number of nitrogens with zero attached hydrogens (tertiary/aromatic N) is 2. The molecule has 2 saturated carbocycles. The molecule has 0 aromatic carbocycles. The number of aliphatic imine (C=N–C) groups is 2. The van der Waals surface area contributed by atoms with Crippen LogP contribution in [-0.2, 0) is 66.8 Å². The first-order chi connectivity index (χ1) is 45.4. The molecule has 11 atom stereocenters. The molecule has 0 unspecified atom stereocenters. The second kappa shape index (κ2) is 48.0. The minimum atomic E-state index is -1.19. The van der Waals surface area contributed by atoms with Crippen LogP contribution in [0.15, 0.2) is 9.98 Å². The van der Waals surface area contributed by atoms with Crippen molar-refractivity contribution < 1.29 is 86.6 Å². The van der Waals surface area contributed by atoms with E-state index < -0.39 is 114 Å². The molecule has 2 aliphatic carbocycles. The number of unbranched alkanes of at least 4 members (excludes halogenated alkanes) is 6. The van der Waals surface area contributed by atoms with Crippen molar-refractivity contribution in [3.8, 4) is 12.3 Å². The van der Waals surface area contributed by atoms with Crippen LogP contribution in [0.2, 0.25) is 0 Å². The van der Waals surface area contributed by atoms with Gasteiger partial charge in [0.15, 0.2) is 11.9 Å². The number of nitrogens with one attached hydrogen (secondary N) is 8. The number of hydrogen-bond donors (Lipinski definition) is 14. The maximum atomic E-state index is 13.5. The highest BCUT2D eigenvalue weighted by Gasteiger charge is 2.55. The number of ether oxygens (including phenoxy) is 6. The lowest BCUT2D eigenvalue weighted by Crippen LogP contribution is -2.52. The van der Waals surface area contributed by atoms with Crippen molar-refractivity contribution >= 4 is 71.5 Å². The van der Waals surface area contributed by atoms with Gasteiger partial charge in [-0.05, 0) is 56.8 Å². The lowest BCUT2D eigenvalue weighted by atomic mass is 9.80. The van der Waals surface area contributed by atoms with Crippen molar-refractivity contribution in [2.24, 2.45) is 68.4 Å². The number of nitrogens with two attached hydrogens (primary N) is 4. The Morgan fingerprint density at radius 3 is 1.27 bits per heavy atom. The number of terminal acetylenes is 1. The summed E-state index contributed by atoms with van der Waals surface area (Å²) in [7, 11) is 0. The van der Waals surface area contributed by atoms with Gasteiger partial charge in [-0.2, -0.15) is 0 Å². The van der Waals surface area contributed by atoms with E-state index in [0.717, 1.165) is 0 Å². The van der Waals surface area contributed by atoms with Gasteiger partial charge in [-0.15, -0.1) is 6.42 Å². The molecule has 32 nitrogen and oxygen atoms in total. The molecule has 2 aliphatic rings. The van der Waals surface area contributed by atoms with Gasteiger partial charge in [0, 0.05) is 76.8 Å². The number of amides is 8. The molecule has 2 fully saturated rings. The van der Waals surface area contributed by atoms with Crippen molar-refractivity contribution in [2.75, 3.05) is 85.6 Å². The molecule has 0 aliphatic heterocycles. The highest BCUT2D eigenvalue weighted by atomic mass is 16.6. The predicted molar refractivity (Wildman–Crippen MR) is 351 cm³/mol. The SMILES string of the molecule is C#CCOCCOCCOCCOCCC(=O)N[C@H](CCC(=O)NCCCCCCNC(=O)O[C@H]1[C@@H]([C@@H](NC(C)=O)C(CC)CC)[C@H](N=C(N)N)C[C@@H]1C(=O)O)C(=O)NCC(=O)NCCCCCCNC(=O)O[C@H]1[C@@H]([C@@H](NC(C)=O)C(CC)CC)[C@H](N=C(N)N)C[C@@H]1C(=O)O. The largest absolute Gasteiger partial charge is 0.481 e. The van der Waals surface area contributed by atoms with E-state index in [1.165, 1.54) is 13.8 Å². The highest BCUT2D eigenvalue weighted by molar-refractivity contribution is 5.91. The normalized spacial score (nSPS) is 19.8. The highest BCUT2D eigenvalue weighted by Crippen LogP contribution is 2.43. The summed E-state index contributed by atoms with van der Waals surface area (Å²) in [6, 6.07) is -3.81. The zero-order chi connectivity index (χ0) is 70.7. The molecule has 0 spiro atoms. The summed E-state index contributed by atoms with van der Waals surface area (Å²) in [6.45, 7) is 13.1. The fraction of sp³-hybridized carbons (Fsp3) is 0.778. The van der Waals surface area contributed by atoms with Crippen molar-refractivity contribution in [1.82, 2.24) is 42.5 Å². The van der Waals surface area contributed by atoms with Crippen molar-refractivity contribution in [3.63, 3.8) is 0 Å². The van der Waals surface area contributed by atoms with Crippen LogP contribution in [-0.4, -0.2) is 210 Å². The van der Waals surface area contributed by atoms with E-state index >= 15 is 0 Å². The molecule has 0 heterocycles. The van der Waals surface area contributed by atoms with Gasteiger partial charge in [-0.25, -0.2) is 19.6 Å². The first kappa shape index (κ1) is 83.3. The summed E-state index contributed by atoms with van der Waals surface area (Å²) in [5.74, 6) is -7.17. The number of carbonyl (C=O) groups excluding carboxylic acids is 8. The van der Waals surface area contributed by atoms with Crippen LogP contribution < -0.4 is 65.5 Å². The number of carboxylic acid groups (broad SMARTS) is 2. The number of hydrogen-bond acceptors (Lipinski definition) is 18. The standard InChI is InChI=1S/C63H110N14O18/c1-8-28-90-30-32-92-34-35-93-33-31-91-29-23-49(81)75-45(21-22-48(80)68-24-17-13-15-19-26-70-62(88)94-55-43(58(84)85)36-46(76-60(64)65)51(55)53(73-39(6)78)41(9-2)10-3)57(83)72-38-50(82)69-25-18-14-16-20-27-71-63(89)95-56-44(59(86)87)37-47(77-61(66)67)52(56)54(74-40(7)79)42(11-4)12-5/h1,41-47,51-56H,9-38H2,2-7H3,(H,68,80)(H,69,82)(H,70,88)(H,71,89)(H,72,83)(H,73,78)(H,74,79)(H,75,81)(H,84,85)(H,86,87)(H4,64,65,76)(H4,66,67,77)/t43-,44-,45+,46+,47+,51+,52+,53-,54-,55+,56+/m0/s1. The Kier molecular flexibility index (Phi) is 42.1. The lowest BCUT2D eigenvalue weighted by molar-refractivity contribution is -0.146. The fourth-order valence-corrected chi connectivity index (χ4v) is 12.1. The number of carboxylic acids is 2. The lowest BCUT2D eigenvalue weighted by Gasteiger charge is -2.36. The van der Waals surface area contributed by atoms with E-state index in [2.05, 4.69) is 58.4 Å². The summed E-state index contributed by atoms with van der Waals surface area (Å²) in [4.78, 5) is 137. The Labute approximate surface area is 558 Å². The van der Waals surface area contributed by atoms with E-state index in [4.69, 9.17) is 57.8 Å². The third kappa shape index (κ3) is 33.5. The quantitative estimate of drug-likeness (QED) is 0.0172. The molecular formula is C63H110N14O18. The van der Waals surface area contributed by atoms with Gasteiger partial charge >= 0.3 is 24.1 Å². The third-order valence-electron chi connectivity index (χ3n) is 16.8. The molecule has 32 heteroatoms. The maximum Gasteiger partial charge on any atom is 0.407 e. The number of rotatable bonds is 50. The van der Waals surface area contributed by atoms with Crippen molar-refractivity contribution in [1.29, 1.82) is 0 Å². The Balaban J connectivity index is 1.90. The maximum absolute atomic E-state index is 13.5. The van der Waals surface area contributed by atoms with Crippen LogP contribution >= 0.6 is 0 Å².